The van der Waals surface area contributed by atoms with Gasteiger partial charge >= 0.3 is 0 Å². The number of ether oxygens (including phenoxy) is 1. The second kappa shape index (κ2) is 6.97. The predicted molar refractivity (Wildman–Crippen MR) is 110 cm³/mol. The van der Waals surface area contributed by atoms with E-state index in [1.807, 2.05) is 48.5 Å². The van der Waals surface area contributed by atoms with Gasteiger partial charge in [-0.15, -0.1) is 5.10 Å². The normalized spacial score (nSPS) is 19.8. The third-order valence-electron chi connectivity index (χ3n) is 5.33. The van der Waals surface area contributed by atoms with Crippen LogP contribution >= 0.6 is 0 Å². The third kappa shape index (κ3) is 3.15. The number of likely N-dealkylation sites (N-methyl/N-ethyl adjacent to an activating group) is 1. The molecule has 5 rings (SSSR count). The molecule has 1 saturated heterocycles. The van der Waals surface area contributed by atoms with Crippen LogP contribution in [0.5, 0.6) is 5.88 Å². The van der Waals surface area contributed by atoms with E-state index in [4.69, 9.17) is 4.74 Å². The number of rotatable bonds is 4. The first kappa shape index (κ1) is 17.8. The summed E-state index contributed by atoms with van der Waals surface area (Å²) >= 11 is 0. The summed E-state index contributed by atoms with van der Waals surface area (Å²) in [7, 11) is 3.48. The maximum absolute atomic E-state index is 14.2. The Labute approximate surface area is 167 Å². The number of fused-ring (bicyclic) bond motifs is 2. The summed E-state index contributed by atoms with van der Waals surface area (Å²) < 4.78 is 21.5. The van der Waals surface area contributed by atoms with Gasteiger partial charge < -0.3 is 15.0 Å². The lowest BCUT2D eigenvalue weighted by molar-refractivity contribution is 0.313. The molecule has 8 heteroatoms. The van der Waals surface area contributed by atoms with E-state index in [1.54, 1.807) is 17.8 Å². The molecule has 148 valence electrons. The van der Waals surface area contributed by atoms with Crippen molar-refractivity contribution < 1.29 is 9.13 Å². The molecule has 1 N–H and O–H groups in total. The first-order valence-corrected chi connectivity index (χ1v) is 9.50. The Morgan fingerprint density at radius 3 is 2.90 bits per heavy atom. The molecular weight excluding hydrogens is 371 g/mol. The number of pyridine rings is 1. The van der Waals surface area contributed by atoms with Gasteiger partial charge in [-0.05, 0) is 36.9 Å². The monoisotopic (exact) mass is 392 g/mol. The summed E-state index contributed by atoms with van der Waals surface area (Å²) in [5, 5.41) is 8.70. The van der Waals surface area contributed by atoms with E-state index >= 15 is 0 Å². The molecule has 1 aliphatic heterocycles. The molecule has 0 aliphatic carbocycles. The highest BCUT2D eigenvalue weighted by Crippen LogP contribution is 2.33. The molecule has 0 unspecified atom stereocenters. The molecule has 1 aromatic carbocycles. The summed E-state index contributed by atoms with van der Waals surface area (Å²) in [6, 6.07) is 11.7. The van der Waals surface area contributed by atoms with Gasteiger partial charge in [0.15, 0.2) is 0 Å². The van der Waals surface area contributed by atoms with E-state index in [0.29, 0.717) is 24.9 Å². The van der Waals surface area contributed by atoms with E-state index in [9.17, 15) is 4.39 Å². The van der Waals surface area contributed by atoms with Gasteiger partial charge in [-0.1, -0.05) is 12.1 Å². The van der Waals surface area contributed by atoms with Crippen molar-refractivity contribution >= 4 is 22.4 Å². The van der Waals surface area contributed by atoms with Crippen LogP contribution in [0, 0.1) is 0 Å². The second-order valence-electron chi connectivity index (χ2n) is 7.37. The molecule has 7 nitrogen and oxygen atoms in total. The van der Waals surface area contributed by atoms with Crippen molar-refractivity contribution in [1.82, 2.24) is 24.5 Å². The van der Waals surface area contributed by atoms with Crippen molar-refractivity contribution in [3.63, 3.8) is 0 Å². The van der Waals surface area contributed by atoms with E-state index in [1.165, 1.54) is 0 Å². The molecule has 0 spiro atoms. The Morgan fingerprint density at radius 2 is 2.10 bits per heavy atom. The number of benzene rings is 1. The van der Waals surface area contributed by atoms with Gasteiger partial charge in [-0.2, -0.15) is 4.98 Å². The summed E-state index contributed by atoms with van der Waals surface area (Å²) in [5.74, 6) is 0.790. The van der Waals surface area contributed by atoms with Gasteiger partial charge in [0.1, 0.15) is 11.7 Å². The highest BCUT2D eigenvalue weighted by Gasteiger charge is 2.31. The van der Waals surface area contributed by atoms with Gasteiger partial charge in [0.05, 0.1) is 18.7 Å². The Balaban J connectivity index is 1.56. The van der Waals surface area contributed by atoms with Crippen molar-refractivity contribution in [3.05, 3.63) is 48.8 Å². The topological polar surface area (TPSA) is 67.6 Å². The van der Waals surface area contributed by atoms with Gasteiger partial charge in [0.2, 0.25) is 11.8 Å². The summed E-state index contributed by atoms with van der Waals surface area (Å²) in [6.07, 6.45) is 2.68. The summed E-state index contributed by atoms with van der Waals surface area (Å²) in [4.78, 5) is 10.8. The Kier molecular flexibility index (Phi) is 4.28. The third-order valence-corrected chi connectivity index (χ3v) is 5.33. The summed E-state index contributed by atoms with van der Waals surface area (Å²) in [6.45, 7) is 1.01. The Morgan fingerprint density at radius 1 is 1.21 bits per heavy atom. The number of nitrogens with zero attached hydrogens (tertiary/aromatic N) is 5. The maximum atomic E-state index is 14.2. The van der Waals surface area contributed by atoms with Crippen LogP contribution in [0.2, 0.25) is 0 Å². The molecule has 0 saturated carbocycles. The fourth-order valence-electron chi connectivity index (χ4n) is 3.92. The van der Waals surface area contributed by atoms with Crippen molar-refractivity contribution in [2.75, 3.05) is 32.6 Å². The number of hydrogen-bond acceptors (Lipinski definition) is 6. The smallest absolute Gasteiger partial charge is 0.244 e. The number of anilines is 1. The van der Waals surface area contributed by atoms with Crippen LogP contribution in [0.15, 0.2) is 48.8 Å². The van der Waals surface area contributed by atoms with Crippen molar-refractivity contribution in [1.29, 1.82) is 0 Å². The largest absolute Gasteiger partial charge is 0.479 e. The molecular formula is C21H21FN6O. The minimum atomic E-state index is -0.961. The first-order valence-electron chi connectivity index (χ1n) is 9.50. The van der Waals surface area contributed by atoms with Gasteiger partial charge in [-0.3, -0.25) is 4.98 Å². The van der Waals surface area contributed by atoms with Crippen molar-refractivity contribution in [3.8, 4) is 17.0 Å². The highest BCUT2D eigenvalue weighted by atomic mass is 19.1. The SMILES string of the molecule is COc1nc(N[C@@H]2CN(C)C[C@@H]2F)nn2ccc(-c3ccc4ncccc4c3)c12. The van der Waals surface area contributed by atoms with E-state index in [-0.39, 0.29) is 6.04 Å². The van der Waals surface area contributed by atoms with E-state index < -0.39 is 6.17 Å². The van der Waals surface area contributed by atoms with Crippen molar-refractivity contribution in [2.24, 2.45) is 0 Å². The van der Waals surface area contributed by atoms with Crippen molar-refractivity contribution in [2.45, 2.75) is 12.2 Å². The molecule has 1 fully saturated rings. The molecule has 4 heterocycles. The molecule has 3 aromatic heterocycles. The first-order chi connectivity index (χ1) is 14.1. The highest BCUT2D eigenvalue weighted by molar-refractivity contribution is 5.90. The number of aromatic nitrogens is 4. The second-order valence-corrected chi connectivity index (χ2v) is 7.37. The minimum Gasteiger partial charge on any atom is -0.479 e. The fraction of sp³-hybridized carbons (Fsp3) is 0.286. The zero-order chi connectivity index (χ0) is 20.0. The van der Waals surface area contributed by atoms with Crippen LogP contribution in [0.3, 0.4) is 0 Å². The molecule has 1 aliphatic rings. The Hall–Kier alpha value is -3.26. The minimum absolute atomic E-state index is 0.342. The zero-order valence-electron chi connectivity index (χ0n) is 16.2. The zero-order valence-corrected chi connectivity index (χ0v) is 16.2. The van der Waals surface area contributed by atoms with Crippen LogP contribution in [0.1, 0.15) is 0 Å². The maximum Gasteiger partial charge on any atom is 0.244 e. The number of alkyl halides is 1. The van der Waals surface area contributed by atoms with Crippen LogP contribution < -0.4 is 10.1 Å². The average molecular weight is 392 g/mol. The van der Waals surface area contributed by atoms with Gasteiger partial charge in [0, 0.05) is 36.4 Å². The number of likely N-dealkylation sites (tertiary alicyclic amines) is 1. The number of halogens is 1. The lowest BCUT2D eigenvalue weighted by Crippen LogP contribution is -2.30. The quantitative estimate of drug-likeness (QED) is 0.576. The standard InChI is InChI=1S/C21H21FN6O/c1-27-11-16(22)18(12-27)24-21-25-20(29-2)19-15(7-9-28(19)26-21)13-5-6-17-14(10-13)4-3-8-23-17/h3-10,16,18H,11-12H2,1-2H3,(H,24,26)/t16-,18+/m0/s1. The van der Waals surface area contributed by atoms with Crippen LogP contribution in [0.25, 0.3) is 27.5 Å². The molecule has 2 atom stereocenters. The lowest BCUT2D eigenvalue weighted by atomic mass is 10.0. The van der Waals surface area contributed by atoms with Gasteiger partial charge in [-0.25, -0.2) is 8.91 Å². The number of methoxy groups -OCH3 is 1. The van der Waals surface area contributed by atoms with Gasteiger partial charge in [0.25, 0.3) is 0 Å². The Bertz CT molecular complexity index is 1190. The predicted octanol–water partition coefficient (Wildman–Crippen LogP) is 3.02. The number of hydrogen-bond donors (Lipinski definition) is 1. The average Bonchev–Trinajstić information content (AvgIpc) is 3.29. The molecule has 0 amide bonds. The molecule has 0 radical (unpaired) electrons. The molecule has 0 bridgehead atoms. The number of nitrogens with one attached hydrogen (secondary N) is 1. The molecule has 29 heavy (non-hydrogen) atoms. The lowest BCUT2D eigenvalue weighted by Gasteiger charge is -2.15. The van der Waals surface area contributed by atoms with Crippen LogP contribution in [-0.2, 0) is 0 Å². The van der Waals surface area contributed by atoms with E-state index in [0.717, 1.165) is 27.5 Å². The van der Waals surface area contributed by atoms with Crippen LogP contribution in [0.4, 0.5) is 10.3 Å². The summed E-state index contributed by atoms with van der Waals surface area (Å²) in [5.41, 5.74) is 3.69. The van der Waals surface area contributed by atoms with E-state index in [2.05, 4.69) is 26.4 Å². The van der Waals surface area contributed by atoms with Crippen LogP contribution in [-0.4, -0.2) is 63.9 Å². The fourth-order valence-corrected chi connectivity index (χ4v) is 3.92. The molecule has 4 aromatic rings.